The predicted octanol–water partition coefficient (Wildman–Crippen LogP) is 3.06. The quantitative estimate of drug-likeness (QED) is 0.460. The molecule has 1 atom stereocenters. The van der Waals surface area contributed by atoms with Crippen LogP contribution in [0.2, 0.25) is 0 Å². The molecule has 1 aliphatic heterocycles. The standard InChI is InChI=1S/C27H31N3O5S/c1-21(31)28-24-9-13-27(14-10-24)36(33,34)30-17-15-29(16-18-30)19-25(32)20-35-26-11-7-23(8-12-26)22-5-3-2-4-6-22/h2-14,25,32H,15-20H2,1H3,(H,28,31)/t25-/m0/s1. The van der Waals surface area contributed by atoms with Gasteiger partial charge in [0.2, 0.25) is 15.9 Å². The Balaban J connectivity index is 1.23. The van der Waals surface area contributed by atoms with Gasteiger partial charge in [0, 0.05) is 45.3 Å². The van der Waals surface area contributed by atoms with E-state index in [1.54, 1.807) is 12.1 Å². The predicted molar refractivity (Wildman–Crippen MR) is 139 cm³/mol. The van der Waals surface area contributed by atoms with Crippen LogP contribution in [0.5, 0.6) is 5.75 Å². The molecule has 3 aromatic rings. The third-order valence-corrected chi connectivity index (χ3v) is 7.93. The van der Waals surface area contributed by atoms with E-state index in [4.69, 9.17) is 4.74 Å². The number of rotatable bonds is 9. The van der Waals surface area contributed by atoms with Gasteiger partial charge in [-0.25, -0.2) is 8.42 Å². The van der Waals surface area contributed by atoms with Gasteiger partial charge in [-0.1, -0.05) is 42.5 Å². The molecule has 8 nitrogen and oxygen atoms in total. The van der Waals surface area contributed by atoms with Crippen molar-refractivity contribution in [3.63, 3.8) is 0 Å². The first-order valence-electron chi connectivity index (χ1n) is 11.9. The Morgan fingerprint density at radius 2 is 1.53 bits per heavy atom. The van der Waals surface area contributed by atoms with E-state index in [1.807, 2.05) is 47.4 Å². The molecule has 4 rings (SSSR count). The number of aliphatic hydroxyl groups is 1. The largest absolute Gasteiger partial charge is 0.491 e. The third kappa shape index (κ3) is 6.70. The van der Waals surface area contributed by atoms with Crippen LogP contribution in [0.3, 0.4) is 0 Å². The summed E-state index contributed by atoms with van der Waals surface area (Å²) in [7, 11) is -3.62. The van der Waals surface area contributed by atoms with E-state index in [1.165, 1.54) is 23.4 Å². The van der Waals surface area contributed by atoms with Gasteiger partial charge in [0.05, 0.1) is 4.90 Å². The zero-order valence-corrected chi connectivity index (χ0v) is 21.0. The summed E-state index contributed by atoms with van der Waals surface area (Å²) in [6.07, 6.45) is -0.691. The Morgan fingerprint density at radius 3 is 2.14 bits per heavy atom. The fourth-order valence-corrected chi connectivity index (χ4v) is 5.55. The summed E-state index contributed by atoms with van der Waals surface area (Å²) in [6, 6.07) is 24.0. The molecule has 1 heterocycles. The van der Waals surface area contributed by atoms with Crippen LogP contribution >= 0.6 is 0 Å². The summed E-state index contributed by atoms with van der Waals surface area (Å²) in [5.74, 6) is 0.476. The molecule has 3 aromatic carbocycles. The Hall–Kier alpha value is -3.24. The average molecular weight is 510 g/mol. The molecular weight excluding hydrogens is 478 g/mol. The molecule has 0 spiro atoms. The highest BCUT2D eigenvalue weighted by atomic mass is 32.2. The number of β-amino-alcohol motifs (C(OH)–C–C–N with tert-alkyl or cyclic N) is 1. The topological polar surface area (TPSA) is 99.2 Å². The number of carbonyl (C=O) groups excluding carboxylic acids is 1. The molecule has 1 saturated heterocycles. The number of nitrogens with zero attached hydrogens (tertiary/aromatic N) is 2. The van der Waals surface area contributed by atoms with Crippen LogP contribution in [0, 0.1) is 0 Å². The molecule has 0 saturated carbocycles. The molecule has 0 radical (unpaired) electrons. The second kappa shape index (κ2) is 11.7. The SMILES string of the molecule is CC(=O)Nc1ccc(S(=O)(=O)N2CCN(C[C@H](O)COc3ccc(-c4ccccc4)cc3)CC2)cc1. The zero-order chi connectivity index (χ0) is 25.5. The maximum atomic E-state index is 13.0. The lowest BCUT2D eigenvalue weighted by molar-refractivity contribution is -0.114. The average Bonchev–Trinajstić information content (AvgIpc) is 2.89. The van der Waals surface area contributed by atoms with Crippen LogP contribution in [-0.2, 0) is 14.8 Å². The fraction of sp³-hybridized carbons (Fsp3) is 0.296. The van der Waals surface area contributed by atoms with Gasteiger partial charge >= 0.3 is 0 Å². The highest BCUT2D eigenvalue weighted by Crippen LogP contribution is 2.23. The molecule has 0 unspecified atom stereocenters. The van der Waals surface area contributed by atoms with Crippen molar-refractivity contribution in [2.45, 2.75) is 17.9 Å². The Kier molecular flexibility index (Phi) is 8.37. The van der Waals surface area contributed by atoms with Crippen LogP contribution in [0.1, 0.15) is 6.92 Å². The molecule has 2 N–H and O–H groups in total. The molecule has 1 aliphatic rings. The molecule has 9 heteroatoms. The van der Waals surface area contributed by atoms with Gasteiger partial charge in [0.1, 0.15) is 18.5 Å². The number of hydrogen-bond donors (Lipinski definition) is 2. The van der Waals surface area contributed by atoms with E-state index < -0.39 is 16.1 Å². The molecule has 190 valence electrons. The number of nitrogens with one attached hydrogen (secondary N) is 1. The second-order valence-corrected chi connectivity index (χ2v) is 10.7. The van der Waals surface area contributed by atoms with Crippen LogP contribution in [-0.4, -0.2) is 74.1 Å². The lowest BCUT2D eigenvalue weighted by atomic mass is 10.1. The Labute approximate surface area is 212 Å². The third-order valence-electron chi connectivity index (χ3n) is 6.02. The highest BCUT2D eigenvalue weighted by molar-refractivity contribution is 7.89. The van der Waals surface area contributed by atoms with Crippen molar-refractivity contribution in [1.82, 2.24) is 9.21 Å². The van der Waals surface area contributed by atoms with Crippen molar-refractivity contribution in [3.8, 4) is 16.9 Å². The van der Waals surface area contributed by atoms with Crippen molar-refractivity contribution >= 4 is 21.6 Å². The number of benzene rings is 3. The maximum Gasteiger partial charge on any atom is 0.243 e. The van der Waals surface area contributed by atoms with Crippen molar-refractivity contribution < 1.29 is 23.1 Å². The number of ether oxygens (including phenoxy) is 1. The van der Waals surface area contributed by atoms with Crippen LogP contribution in [0.25, 0.3) is 11.1 Å². The van der Waals surface area contributed by atoms with Gasteiger partial charge in [-0.15, -0.1) is 0 Å². The van der Waals surface area contributed by atoms with Gasteiger partial charge in [-0.2, -0.15) is 4.31 Å². The van der Waals surface area contributed by atoms with Gasteiger partial charge < -0.3 is 15.2 Å². The molecule has 1 fully saturated rings. The van der Waals surface area contributed by atoms with Crippen molar-refractivity contribution in [2.24, 2.45) is 0 Å². The van der Waals surface area contributed by atoms with E-state index in [2.05, 4.69) is 17.4 Å². The maximum absolute atomic E-state index is 13.0. The summed E-state index contributed by atoms with van der Waals surface area (Å²) in [5, 5.41) is 13.1. The summed E-state index contributed by atoms with van der Waals surface area (Å²) >= 11 is 0. The van der Waals surface area contributed by atoms with E-state index in [0.717, 1.165) is 11.1 Å². The number of aliphatic hydroxyl groups excluding tert-OH is 1. The first-order valence-corrected chi connectivity index (χ1v) is 13.3. The molecule has 36 heavy (non-hydrogen) atoms. The lowest BCUT2D eigenvalue weighted by Crippen LogP contribution is -2.50. The number of piperazine rings is 1. The van der Waals surface area contributed by atoms with Crippen LogP contribution in [0.15, 0.2) is 83.8 Å². The molecule has 0 aromatic heterocycles. The van der Waals surface area contributed by atoms with E-state index >= 15 is 0 Å². The minimum absolute atomic E-state index is 0.157. The van der Waals surface area contributed by atoms with Gasteiger partial charge in [-0.3, -0.25) is 9.69 Å². The first-order chi connectivity index (χ1) is 17.3. The molecular formula is C27H31N3O5S. The monoisotopic (exact) mass is 509 g/mol. The number of amides is 1. The second-order valence-electron chi connectivity index (χ2n) is 8.77. The number of anilines is 1. The smallest absolute Gasteiger partial charge is 0.243 e. The normalized spacial score (nSPS) is 15.8. The molecule has 0 bridgehead atoms. The van der Waals surface area contributed by atoms with E-state index in [0.29, 0.717) is 44.2 Å². The van der Waals surface area contributed by atoms with Gasteiger partial charge in [0.15, 0.2) is 0 Å². The minimum Gasteiger partial charge on any atom is -0.491 e. The Morgan fingerprint density at radius 1 is 0.917 bits per heavy atom. The minimum atomic E-state index is -3.62. The lowest BCUT2D eigenvalue weighted by Gasteiger charge is -2.34. The van der Waals surface area contributed by atoms with E-state index in [9.17, 15) is 18.3 Å². The van der Waals surface area contributed by atoms with Gasteiger partial charge in [0.25, 0.3) is 0 Å². The van der Waals surface area contributed by atoms with Crippen molar-refractivity contribution in [2.75, 3.05) is 44.6 Å². The molecule has 1 amide bonds. The Bertz CT molecular complexity index is 1240. The van der Waals surface area contributed by atoms with Gasteiger partial charge in [-0.05, 0) is 47.5 Å². The number of sulfonamides is 1. The first kappa shape index (κ1) is 25.8. The van der Waals surface area contributed by atoms with E-state index in [-0.39, 0.29) is 17.4 Å². The number of hydrogen-bond acceptors (Lipinski definition) is 6. The highest BCUT2D eigenvalue weighted by Gasteiger charge is 2.29. The van der Waals surface area contributed by atoms with Crippen molar-refractivity contribution in [3.05, 3.63) is 78.9 Å². The summed E-state index contributed by atoms with van der Waals surface area (Å²) < 4.78 is 33.2. The fourth-order valence-electron chi connectivity index (χ4n) is 4.13. The van der Waals surface area contributed by atoms with Crippen LogP contribution in [0.4, 0.5) is 5.69 Å². The zero-order valence-electron chi connectivity index (χ0n) is 20.2. The molecule has 0 aliphatic carbocycles. The summed E-state index contributed by atoms with van der Waals surface area (Å²) in [4.78, 5) is 13.4. The van der Waals surface area contributed by atoms with Crippen molar-refractivity contribution in [1.29, 1.82) is 0 Å². The van der Waals surface area contributed by atoms with Crippen LogP contribution < -0.4 is 10.1 Å². The number of carbonyl (C=O) groups is 1. The summed E-state index contributed by atoms with van der Waals surface area (Å²) in [5.41, 5.74) is 2.78. The summed E-state index contributed by atoms with van der Waals surface area (Å²) in [6.45, 7) is 3.68.